The lowest BCUT2D eigenvalue weighted by Crippen LogP contribution is -2.27. The minimum atomic E-state index is -0.230. The molecule has 2 atom stereocenters. The number of nitrogens with one attached hydrogen (secondary N) is 1. The zero-order valence-corrected chi connectivity index (χ0v) is 13.7. The molecular formula is C18H26FNO3. The van der Waals surface area contributed by atoms with E-state index in [0.717, 1.165) is 25.4 Å². The molecule has 0 amide bonds. The van der Waals surface area contributed by atoms with Crippen LogP contribution in [-0.4, -0.2) is 39.2 Å². The third-order valence-corrected chi connectivity index (χ3v) is 4.70. The maximum absolute atomic E-state index is 14.1. The summed E-state index contributed by atoms with van der Waals surface area (Å²) in [5, 5.41) is 3.38. The van der Waals surface area contributed by atoms with Crippen LogP contribution in [0.25, 0.3) is 0 Å². The average Bonchev–Trinajstić information content (AvgIpc) is 3.33. The number of ether oxygens (including phenoxy) is 3. The van der Waals surface area contributed by atoms with E-state index in [-0.39, 0.29) is 18.2 Å². The predicted molar refractivity (Wildman–Crippen MR) is 86.1 cm³/mol. The van der Waals surface area contributed by atoms with Crippen molar-refractivity contribution in [2.75, 3.05) is 26.8 Å². The van der Waals surface area contributed by atoms with Gasteiger partial charge in [-0.15, -0.1) is 0 Å². The monoisotopic (exact) mass is 323 g/mol. The molecule has 3 rings (SSSR count). The second-order valence-corrected chi connectivity index (χ2v) is 6.42. The number of rotatable bonds is 8. The minimum Gasteiger partial charge on any atom is -0.493 e. The van der Waals surface area contributed by atoms with Gasteiger partial charge in [0.15, 0.2) is 6.29 Å². The Bertz CT molecular complexity index is 505. The Morgan fingerprint density at radius 1 is 1.30 bits per heavy atom. The highest BCUT2D eigenvalue weighted by atomic mass is 19.1. The Morgan fingerprint density at radius 3 is 2.83 bits per heavy atom. The van der Waals surface area contributed by atoms with Crippen LogP contribution in [-0.2, 0) is 15.9 Å². The van der Waals surface area contributed by atoms with Gasteiger partial charge in [0.25, 0.3) is 0 Å². The van der Waals surface area contributed by atoms with E-state index in [2.05, 4.69) is 5.32 Å². The Labute approximate surface area is 137 Å². The quantitative estimate of drug-likeness (QED) is 0.590. The van der Waals surface area contributed by atoms with Gasteiger partial charge in [-0.25, -0.2) is 4.39 Å². The van der Waals surface area contributed by atoms with Crippen molar-refractivity contribution in [2.45, 2.75) is 44.5 Å². The fourth-order valence-corrected chi connectivity index (χ4v) is 3.21. The minimum absolute atomic E-state index is 0.0220. The molecule has 1 N–H and O–H groups in total. The maximum atomic E-state index is 14.1. The average molecular weight is 323 g/mol. The molecule has 0 spiro atoms. The Hall–Kier alpha value is -1.17. The van der Waals surface area contributed by atoms with E-state index in [9.17, 15) is 4.39 Å². The van der Waals surface area contributed by atoms with Gasteiger partial charge in [0, 0.05) is 19.6 Å². The van der Waals surface area contributed by atoms with Gasteiger partial charge < -0.3 is 19.5 Å². The zero-order valence-electron chi connectivity index (χ0n) is 13.7. The molecular weight excluding hydrogens is 297 g/mol. The van der Waals surface area contributed by atoms with E-state index in [1.165, 1.54) is 25.3 Å². The first-order valence-corrected chi connectivity index (χ1v) is 8.56. The lowest BCUT2D eigenvalue weighted by Gasteiger charge is -2.22. The van der Waals surface area contributed by atoms with Gasteiger partial charge in [-0.05, 0) is 56.3 Å². The van der Waals surface area contributed by atoms with E-state index in [1.807, 2.05) is 6.07 Å². The Balaban J connectivity index is 1.39. The van der Waals surface area contributed by atoms with E-state index < -0.39 is 0 Å². The molecule has 0 bridgehead atoms. The van der Waals surface area contributed by atoms with Crippen molar-refractivity contribution < 1.29 is 18.6 Å². The normalized spacial score (nSPS) is 24.6. The molecule has 1 aromatic rings. The summed E-state index contributed by atoms with van der Waals surface area (Å²) in [5.74, 6) is 1.19. The summed E-state index contributed by atoms with van der Waals surface area (Å²) in [6, 6.07) is 5.10. The summed E-state index contributed by atoms with van der Waals surface area (Å²) in [4.78, 5) is 0. The SMILES string of the molecule is COC1OC1Cc1ccc(OCCCC2CCNCC2)cc1F. The second-order valence-electron chi connectivity index (χ2n) is 6.42. The predicted octanol–water partition coefficient (Wildman–Crippen LogP) is 2.90. The van der Waals surface area contributed by atoms with Crippen LogP contribution in [0.5, 0.6) is 5.75 Å². The number of epoxide rings is 1. The number of piperidine rings is 1. The van der Waals surface area contributed by atoms with Crippen LogP contribution in [0.4, 0.5) is 4.39 Å². The highest BCUT2D eigenvalue weighted by Gasteiger charge is 2.39. The van der Waals surface area contributed by atoms with Gasteiger partial charge in [-0.2, -0.15) is 0 Å². The van der Waals surface area contributed by atoms with Crippen LogP contribution in [0.15, 0.2) is 18.2 Å². The molecule has 0 aliphatic carbocycles. The van der Waals surface area contributed by atoms with E-state index in [0.29, 0.717) is 24.3 Å². The van der Waals surface area contributed by atoms with Gasteiger partial charge in [0.2, 0.25) is 0 Å². The zero-order chi connectivity index (χ0) is 16.1. The summed E-state index contributed by atoms with van der Waals surface area (Å²) < 4.78 is 30.1. The Morgan fingerprint density at radius 2 is 2.13 bits per heavy atom. The molecule has 1 aromatic carbocycles. The summed E-state index contributed by atoms with van der Waals surface area (Å²) in [7, 11) is 1.60. The first kappa shape index (κ1) is 16.7. The number of benzene rings is 1. The summed E-state index contributed by atoms with van der Waals surface area (Å²) in [5.41, 5.74) is 0.650. The van der Waals surface area contributed by atoms with Gasteiger partial charge in [-0.1, -0.05) is 6.07 Å². The van der Waals surface area contributed by atoms with E-state index in [1.54, 1.807) is 13.2 Å². The van der Waals surface area contributed by atoms with Crippen LogP contribution < -0.4 is 10.1 Å². The third-order valence-electron chi connectivity index (χ3n) is 4.70. The van der Waals surface area contributed by atoms with Crippen molar-refractivity contribution in [3.63, 3.8) is 0 Å². The highest BCUT2D eigenvalue weighted by molar-refractivity contribution is 5.29. The van der Waals surface area contributed by atoms with Crippen molar-refractivity contribution in [3.8, 4) is 5.75 Å². The molecule has 2 aliphatic rings. The number of methoxy groups -OCH3 is 1. The fourth-order valence-electron chi connectivity index (χ4n) is 3.21. The van der Waals surface area contributed by atoms with Crippen molar-refractivity contribution in [3.05, 3.63) is 29.6 Å². The van der Waals surface area contributed by atoms with Crippen molar-refractivity contribution in [1.82, 2.24) is 5.32 Å². The van der Waals surface area contributed by atoms with Crippen molar-refractivity contribution in [1.29, 1.82) is 0 Å². The molecule has 5 heteroatoms. The largest absolute Gasteiger partial charge is 0.493 e. The van der Waals surface area contributed by atoms with Gasteiger partial charge >= 0.3 is 0 Å². The van der Waals surface area contributed by atoms with Gasteiger partial charge in [0.1, 0.15) is 17.7 Å². The Kier molecular flexibility index (Phi) is 5.86. The summed E-state index contributed by atoms with van der Waals surface area (Å²) in [6.45, 7) is 2.92. The van der Waals surface area contributed by atoms with Crippen LogP contribution >= 0.6 is 0 Å². The van der Waals surface area contributed by atoms with Crippen LogP contribution in [0, 0.1) is 11.7 Å². The topological polar surface area (TPSA) is 43.0 Å². The molecule has 2 heterocycles. The number of hydrogen-bond acceptors (Lipinski definition) is 4. The van der Waals surface area contributed by atoms with Crippen LogP contribution in [0.1, 0.15) is 31.2 Å². The molecule has 0 radical (unpaired) electrons. The first-order valence-electron chi connectivity index (χ1n) is 8.56. The smallest absolute Gasteiger partial charge is 0.184 e. The molecule has 0 aromatic heterocycles. The first-order chi connectivity index (χ1) is 11.3. The molecule has 0 saturated carbocycles. The van der Waals surface area contributed by atoms with Crippen LogP contribution in [0.2, 0.25) is 0 Å². The number of hydrogen-bond donors (Lipinski definition) is 1. The van der Waals surface area contributed by atoms with E-state index >= 15 is 0 Å². The third kappa shape index (κ3) is 4.90. The molecule has 2 fully saturated rings. The molecule has 2 aliphatic heterocycles. The summed E-state index contributed by atoms with van der Waals surface area (Å²) >= 11 is 0. The second kappa shape index (κ2) is 8.08. The summed E-state index contributed by atoms with van der Waals surface area (Å²) in [6.07, 6.45) is 5.08. The standard InChI is InChI=1S/C18H26FNO3/c1-21-18-17(23-18)11-14-4-5-15(12-16(14)19)22-10-2-3-13-6-8-20-9-7-13/h4-5,12-13,17-18,20H,2-3,6-11H2,1H3. The molecule has 4 nitrogen and oxygen atoms in total. The number of halogens is 1. The lowest BCUT2D eigenvalue weighted by atomic mass is 9.93. The lowest BCUT2D eigenvalue weighted by molar-refractivity contribution is 0.0950. The van der Waals surface area contributed by atoms with Crippen molar-refractivity contribution in [2.24, 2.45) is 5.92 Å². The van der Waals surface area contributed by atoms with Crippen molar-refractivity contribution >= 4 is 0 Å². The van der Waals surface area contributed by atoms with Gasteiger partial charge in [0.05, 0.1) is 6.61 Å². The molecule has 128 valence electrons. The van der Waals surface area contributed by atoms with Gasteiger partial charge in [-0.3, -0.25) is 0 Å². The van der Waals surface area contributed by atoms with E-state index in [4.69, 9.17) is 14.2 Å². The molecule has 2 unspecified atom stereocenters. The molecule has 2 saturated heterocycles. The highest BCUT2D eigenvalue weighted by Crippen LogP contribution is 2.28. The van der Waals surface area contributed by atoms with Crippen LogP contribution in [0.3, 0.4) is 0 Å². The fraction of sp³-hybridized carbons (Fsp3) is 0.667. The molecule has 23 heavy (non-hydrogen) atoms. The maximum Gasteiger partial charge on any atom is 0.184 e.